The van der Waals surface area contributed by atoms with Crippen molar-refractivity contribution in [3.8, 4) is 29.4 Å². The number of nitrogens with zero attached hydrogens (tertiary/aromatic N) is 3. The molecule has 5 rings (SSSR count). The molecule has 2 aromatic heterocycles. The van der Waals surface area contributed by atoms with Crippen LogP contribution in [0.1, 0.15) is 11.1 Å². The Morgan fingerprint density at radius 2 is 1.67 bits per heavy atom. The van der Waals surface area contributed by atoms with Gasteiger partial charge in [-0.3, -0.25) is 0 Å². The van der Waals surface area contributed by atoms with Gasteiger partial charge in [0.1, 0.15) is 24.5 Å². The van der Waals surface area contributed by atoms with Gasteiger partial charge in [0.25, 0.3) is 0 Å². The number of hydrogen-bond donors (Lipinski definition) is 3. The van der Waals surface area contributed by atoms with E-state index in [2.05, 4.69) is 36.7 Å². The first kappa shape index (κ1) is 28.2. The normalized spacial score (nSPS) is 10.8. The lowest BCUT2D eigenvalue weighted by molar-refractivity contribution is 0.261. The second-order valence-electron chi connectivity index (χ2n) is 9.85. The molecule has 9 nitrogen and oxygen atoms in total. The van der Waals surface area contributed by atoms with E-state index in [4.69, 9.17) is 15.6 Å². The van der Waals surface area contributed by atoms with E-state index in [1.54, 1.807) is 0 Å². The minimum absolute atomic E-state index is 0.295. The lowest BCUT2D eigenvalue weighted by atomic mass is 10.1. The third-order valence-electron chi connectivity index (χ3n) is 6.51. The molecule has 0 spiro atoms. The first-order chi connectivity index (χ1) is 20.5. The molecule has 3 aromatic carbocycles. The van der Waals surface area contributed by atoms with E-state index in [1.165, 1.54) is 6.33 Å². The highest BCUT2D eigenvalue weighted by Gasteiger charge is 2.19. The number of carbonyl (C=O) groups is 1. The van der Waals surface area contributed by atoms with Crippen molar-refractivity contribution in [1.29, 1.82) is 0 Å². The van der Waals surface area contributed by atoms with Crippen LogP contribution >= 0.6 is 0 Å². The van der Waals surface area contributed by atoms with E-state index in [0.29, 0.717) is 47.1 Å². The summed E-state index contributed by atoms with van der Waals surface area (Å²) < 4.78 is 11.9. The number of anilines is 3. The van der Waals surface area contributed by atoms with Crippen LogP contribution in [-0.4, -0.2) is 54.7 Å². The molecule has 3 N–H and O–H groups in total. The molecule has 0 aliphatic rings. The monoisotopic (exact) mass is 560 g/mol. The number of likely N-dealkylation sites (N-methyl/N-ethyl adjacent to an activating group) is 1. The minimum atomic E-state index is -0.295. The fourth-order valence-corrected chi connectivity index (χ4v) is 4.35. The van der Waals surface area contributed by atoms with Crippen LogP contribution in [0.15, 0.2) is 89.6 Å². The number of furan rings is 1. The Morgan fingerprint density at radius 1 is 0.952 bits per heavy atom. The van der Waals surface area contributed by atoms with Crippen molar-refractivity contribution < 1.29 is 13.9 Å². The molecule has 2 amide bonds. The van der Waals surface area contributed by atoms with Gasteiger partial charge < -0.3 is 30.0 Å². The van der Waals surface area contributed by atoms with Crippen LogP contribution in [-0.2, 0) is 6.42 Å². The molecule has 5 aromatic rings. The summed E-state index contributed by atoms with van der Waals surface area (Å²) in [5.74, 6) is 4.73. The van der Waals surface area contributed by atoms with E-state index in [-0.39, 0.29) is 6.03 Å². The van der Waals surface area contributed by atoms with Crippen LogP contribution in [0.25, 0.3) is 22.4 Å². The average molecular weight is 561 g/mol. The van der Waals surface area contributed by atoms with Crippen molar-refractivity contribution in [1.82, 2.24) is 14.9 Å². The number of amides is 2. The zero-order valence-electron chi connectivity index (χ0n) is 23.6. The molecule has 42 heavy (non-hydrogen) atoms. The Kier molecular flexibility index (Phi) is 8.97. The van der Waals surface area contributed by atoms with Crippen molar-refractivity contribution in [3.63, 3.8) is 0 Å². The minimum Gasteiger partial charge on any atom is -0.492 e. The molecule has 0 atom stereocenters. The molecule has 0 unspecified atom stereocenters. The number of carbonyl (C=O) groups excluding carboxylic acids is 1. The topological polar surface area (TPSA) is 105 Å². The molecule has 0 saturated heterocycles. The van der Waals surface area contributed by atoms with Gasteiger partial charge >= 0.3 is 6.03 Å². The maximum Gasteiger partial charge on any atom is 0.323 e. The first-order valence-electron chi connectivity index (χ1n) is 13.6. The van der Waals surface area contributed by atoms with Crippen molar-refractivity contribution in [2.45, 2.75) is 6.42 Å². The fourth-order valence-electron chi connectivity index (χ4n) is 4.35. The predicted octanol–water partition coefficient (Wildman–Crippen LogP) is 6.11. The Bertz CT molecular complexity index is 1670. The van der Waals surface area contributed by atoms with Crippen molar-refractivity contribution in [2.24, 2.45) is 0 Å². The standard InChI is InChI=1S/C33H32N6O3/c1-4-28-29-31(34-19-18-23-10-14-26(15-11-23)38-33(40)37-25-8-6-5-7-9-25)35-22-36-32(29)42-30(28)24-12-16-27(17-13-24)41-21-20-39(2)3/h1,5-17,22H,18-21H2,2-3H3,(H,34,35,36)(H2,37,38,40). The fraction of sp³-hybridized carbons (Fsp3) is 0.182. The second kappa shape index (κ2) is 13.4. The number of hydrogen-bond acceptors (Lipinski definition) is 7. The van der Waals surface area contributed by atoms with Gasteiger partial charge in [-0.1, -0.05) is 36.3 Å². The zero-order chi connectivity index (χ0) is 29.3. The van der Waals surface area contributed by atoms with Gasteiger partial charge in [-0.25, -0.2) is 14.8 Å². The van der Waals surface area contributed by atoms with E-state index in [0.717, 1.165) is 35.5 Å². The van der Waals surface area contributed by atoms with Crippen molar-refractivity contribution >= 4 is 34.3 Å². The Hall–Kier alpha value is -5.33. The highest BCUT2D eigenvalue weighted by atomic mass is 16.5. The Labute approximate surface area is 244 Å². The largest absolute Gasteiger partial charge is 0.492 e. The highest BCUT2D eigenvalue weighted by Crippen LogP contribution is 2.35. The summed E-state index contributed by atoms with van der Waals surface area (Å²) in [7, 11) is 4.01. The second-order valence-corrected chi connectivity index (χ2v) is 9.85. The van der Waals surface area contributed by atoms with Crippen LogP contribution < -0.4 is 20.7 Å². The van der Waals surface area contributed by atoms with E-state index < -0.39 is 0 Å². The maximum absolute atomic E-state index is 12.2. The van der Waals surface area contributed by atoms with Gasteiger partial charge in [0.15, 0.2) is 5.76 Å². The van der Waals surface area contributed by atoms with Gasteiger partial charge in [0.05, 0.1) is 10.9 Å². The summed E-state index contributed by atoms with van der Waals surface area (Å²) in [5, 5.41) is 9.70. The van der Waals surface area contributed by atoms with Crippen LogP contribution in [0.2, 0.25) is 0 Å². The van der Waals surface area contributed by atoms with Gasteiger partial charge in [-0.15, -0.1) is 6.42 Å². The van der Waals surface area contributed by atoms with Gasteiger partial charge in [-0.2, -0.15) is 0 Å². The number of para-hydroxylation sites is 1. The van der Waals surface area contributed by atoms with Gasteiger partial charge in [-0.05, 0) is 74.6 Å². The molecule has 0 bridgehead atoms. The van der Waals surface area contributed by atoms with Crippen molar-refractivity contribution in [2.75, 3.05) is 49.7 Å². The SMILES string of the molecule is C#Cc1c(-c2ccc(OCCN(C)C)cc2)oc2ncnc(NCCc3ccc(NC(=O)Nc4ccccc4)cc3)c12. The lowest BCUT2D eigenvalue weighted by Crippen LogP contribution is -2.19. The van der Waals surface area contributed by atoms with Gasteiger partial charge in [0.2, 0.25) is 5.71 Å². The number of urea groups is 1. The molecular formula is C33H32N6O3. The quantitative estimate of drug-likeness (QED) is 0.167. The number of nitrogens with one attached hydrogen (secondary N) is 3. The van der Waals surface area contributed by atoms with Crippen LogP contribution in [0.3, 0.4) is 0 Å². The molecule has 212 valence electrons. The van der Waals surface area contributed by atoms with Gasteiger partial charge in [0, 0.05) is 30.0 Å². The summed E-state index contributed by atoms with van der Waals surface area (Å²) in [6, 6.07) is 24.4. The van der Waals surface area contributed by atoms with E-state index in [1.807, 2.05) is 93.0 Å². The van der Waals surface area contributed by atoms with E-state index in [9.17, 15) is 4.79 Å². The van der Waals surface area contributed by atoms with E-state index >= 15 is 0 Å². The third-order valence-corrected chi connectivity index (χ3v) is 6.51. The molecule has 0 radical (unpaired) electrons. The zero-order valence-corrected chi connectivity index (χ0v) is 23.6. The molecule has 9 heteroatoms. The van der Waals surface area contributed by atoms with Crippen molar-refractivity contribution in [3.05, 3.63) is 96.3 Å². The molecule has 0 aliphatic carbocycles. The smallest absolute Gasteiger partial charge is 0.323 e. The average Bonchev–Trinajstić information content (AvgIpc) is 3.38. The Morgan fingerprint density at radius 3 is 2.36 bits per heavy atom. The number of rotatable bonds is 11. The summed E-state index contributed by atoms with van der Waals surface area (Å²) in [4.78, 5) is 23.1. The number of aromatic nitrogens is 2. The maximum atomic E-state index is 12.2. The number of terminal acetylenes is 1. The number of ether oxygens (including phenoxy) is 1. The van der Waals surface area contributed by atoms with Crippen LogP contribution in [0.4, 0.5) is 22.0 Å². The molecular weight excluding hydrogens is 528 g/mol. The summed E-state index contributed by atoms with van der Waals surface area (Å²) in [6.07, 6.45) is 8.13. The highest BCUT2D eigenvalue weighted by molar-refractivity contribution is 5.99. The predicted molar refractivity (Wildman–Crippen MR) is 167 cm³/mol. The molecule has 0 saturated carbocycles. The summed E-state index contributed by atoms with van der Waals surface area (Å²) in [6.45, 7) is 2.04. The molecule has 0 fully saturated rings. The number of benzene rings is 3. The Balaban J connectivity index is 1.21. The number of fused-ring (bicyclic) bond motifs is 1. The van der Waals surface area contributed by atoms with Crippen LogP contribution in [0.5, 0.6) is 5.75 Å². The lowest BCUT2D eigenvalue weighted by Gasteiger charge is -2.11. The van der Waals surface area contributed by atoms with Crippen LogP contribution in [0, 0.1) is 12.3 Å². The molecule has 0 aliphatic heterocycles. The first-order valence-corrected chi connectivity index (χ1v) is 13.6. The summed E-state index contributed by atoms with van der Waals surface area (Å²) >= 11 is 0. The molecule has 2 heterocycles. The summed E-state index contributed by atoms with van der Waals surface area (Å²) in [5.41, 5.74) is 4.38. The third kappa shape index (κ3) is 7.05.